The highest BCUT2D eigenvalue weighted by Crippen LogP contribution is 2.16. The number of halogens is 1. The van der Waals surface area contributed by atoms with E-state index >= 15 is 0 Å². The molecule has 0 aliphatic carbocycles. The largest absolute Gasteiger partial charge is 0.452 e. The lowest BCUT2D eigenvalue weighted by atomic mass is 10.2. The second-order valence-corrected chi connectivity index (χ2v) is 4.50. The monoisotopic (exact) mass is 308 g/mol. The molecule has 18 heavy (non-hydrogen) atoms. The summed E-state index contributed by atoms with van der Waals surface area (Å²) in [7, 11) is 1.61. The van der Waals surface area contributed by atoms with E-state index in [4.69, 9.17) is 4.42 Å². The molecule has 4 nitrogen and oxygen atoms in total. The molecule has 0 fully saturated rings. The fraction of sp³-hybridized carbons (Fsp3) is 0.154. The van der Waals surface area contributed by atoms with E-state index in [2.05, 4.69) is 26.6 Å². The Morgan fingerprint density at radius 3 is 2.50 bits per heavy atom. The van der Waals surface area contributed by atoms with Gasteiger partial charge < -0.3 is 15.1 Å². The summed E-state index contributed by atoms with van der Waals surface area (Å²) in [5, 5.41) is 5.79. The molecule has 2 aromatic rings. The van der Waals surface area contributed by atoms with Crippen molar-refractivity contribution >= 4 is 27.5 Å². The molecule has 1 aromatic heterocycles. The van der Waals surface area contributed by atoms with Crippen LogP contribution in [0.1, 0.15) is 16.1 Å². The molecule has 0 aliphatic heterocycles. The number of anilines is 1. The van der Waals surface area contributed by atoms with E-state index < -0.39 is 0 Å². The zero-order chi connectivity index (χ0) is 13.0. The minimum absolute atomic E-state index is 0.0866. The van der Waals surface area contributed by atoms with Crippen LogP contribution in [-0.2, 0) is 6.54 Å². The van der Waals surface area contributed by atoms with Crippen LogP contribution >= 0.6 is 15.9 Å². The van der Waals surface area contributed by atoms with Crippen LogP contribution in [0.3, 0.4) is 0 Å². The van der Waals surface area contributed by atoms with Crippen LogP contribution in [-0.4, -0.2) is 13.0 Å². The Morgan fingerprint density at radius 1 is 1.22 bits per heavy atom. The minimum Gasteiger partial charge on any atom is -0.452 e. The second kappa shape index (κ2) is 5.73. The van der Waals surface area contributed by atoms with Crippen LogP contribution < -0.4 is 10.6 Å². The Balaban J connectivity index is 1.96. The fourth-order valence-corrected chi connectivity index (χ4v) is 1.86. The van der Waals surface area contributed by atoms with Crippen LogP contribution in [0.5, 0.6) is 0 Å². The normalized spacial score (nSPS) is 10.1. The molecule has 1 amide bonds. The maximum Gasteiger partial charge on any atom is 0.251 e. The summed E-state index contributed by atoms with van der Waals surface area (Å²) in [6.45, 7) is 0.602. The van der Waals surface area contributed by atoms with Gasteiger partial charge in [-0.2, -0.15) is 0 Å². The van der Waals surface area contributed by atoms with E-state index in [9.17, 15) is 4.79 Å². The molecule has 0 aliphatic rings. The number of carbonyl (C=O) groups is 1. The zero-order valence-corrected chi connectivity index (χ0v) is 11.5. The molecule has 5 heteroatoms. The molecule has 0 bridgehead atoms. The Kier molecular flexibility index (Phi) is 4.04. The lowest BCUT2D eigenvalue weighted by Crippen LogP contribution is -2.17. The van der Waals surface area contributed by atoms with Gasteiger partial charge in [-0.1, -0.05) is 0 Å². The third-order valence-corrected chi connectivity index (χ3v) is 2.90. The van der Waals surface area contributed by atoms with Crippen LogP contribution in [0.15, 0.2) is 45.5 Å². The number of hydrogen-bond acceptors (Lipinski definition) is 3. The Hall–Kier alpha value is -1.75. The van der Waals surface area contributed by atoms with Crippen molar-refractivity contribution in [1.29, 1.82) is 0 Å². The average molecular weight is 309 g/mol. The number of rotatable bonds is 4. The summed E-state index contributed by atoms with van der Waals surface area (Å²) in [4.78, 5) is 11.4. The van der Waals surface area contributed by atoms with Gasteiger partial charge in [-0.15, -0.1) is 0 Å². The van der Waals surface area contributed by atoms with Gasteiger partial charge in [-0.25, -0.2) is 0 Å². The third-order valence-electron chi connectivity index (χ3n) is 2.47. The molecule has 0 radical (unpaired) electrons. The summed E-state index contributed by atoms with van der Waals surface area (Å²) >= 11 is 3.25. The highest BCUT2D eigenvalue weighted by molar-refractivity contribution is 9.10. The van der Waals surface area contributed by atoms with Gasteiger partial charge in [0.2, 0.25) is 0 Å². The van der Waals surface area contributed by atoms with Gasteiger partial charge in [-0.05, 0) is 52.3 Å². The highest BCUT2D eigenvalue weighted by atomic mass is 79.9. The fourth-order valence-electron chi connectivity index (χ4n) is 1.52. The van der Waals surface area contributed by atoms with Crippen molar-refractivity contribution < 1.29 is 9.21 Å². The van der Waals surface area contributed by atoms with E-state index in [-0.39, 0.29) is 5.91 Å². The van der Waals surface area contributed by atoms with Crippen molar-refractivity contribution in [3.8, 4) is 0 Å². The molecule has 0 saturated heterocycles. The minimum atomic E-state index is -0.0866. The number of furan rings is 1. The number of hydrogen-bond donors (Lipinski definition) is 2. The molecule has 0 unspecified atom stereocenters. The Labute approximate surface area is 114 Å². The van der Waals surface area contributed by atoms with Crippen molar-refractivity contribution in [3.05, 3.63) is 52.4 Å². The van der Waals surface area contributed by atoms with Crippen LogP contribution in [0.25, 0.3) is 0 Å². The predicted octanol–water partition coefficient (Wildman–Crippen LogP) is 3.01. The molecule has 94 valence electrons. The second-order valence-electron chi connectivity index (χ2n) is 3.72. The molecule has 0 atom stereocenters. The van der Waals surface area contributed by atoms with Crippen LogP contribution in [0.4, 0.5) is 5.69 Å². The SMILES string of the molecule is CNC(=O)c1ccc(NCc2ccc(Br)o2)cc1. The first kappa shape index (κ1) is 12.7. The maximum absolute atomic E-state index is 11.4. The van der Waals surface area contributed by atoms with E-state index in [1.165, 1.54) is 0 Å². The topological polar surface area (TPSA) is 54.3 Å². The summed E-state index contributed by atoms with van der Waals surface area (Å²) < 4.78 is 6.09. The molecular formula is C13H13BrN2O2. The smallest absolute Gasteiger partial charge is 0.251 e. The quantitative estimate of drug-likeness (QED) is 0.913. The zero-order valence-electron chi connectivity index (χ0n) is 9.87. The number of nitrogens with one attached hydrogen (secondary N) is 2. The van der Waals surface area contributed by atoms with Crippen LogP contribution in [0.2, 0.25) is 0 Å². The van der Waals surface area contributed by atoms with Crippen LogP contribution in [0, 0.1) is 0 Å². The molecular weight excluding hydrogens is 296 g/mol. The van der Waals surface area contributed by atoms with Gasteiger partial charge in [0.1, 0.15) is 5.76 Å². The standard InChI is InChI=1S/C13H13BrN2O2/c1-15-13(17)9-2-4-10(5-3-9)16-8-11-6-7-12(14)18-11/h2-7,16H,8H2,1H3,(H,15,17). The van der Waals surface area contributed by atoms with Crippen molar-refractivity contribution in [2.45, 2.75) is 6.54 Å². The first-order chi connectivity index (χ1) is 8.69. The molecule has 0 saturated carbocycles. The maximum atomic E-state index is 11.4. The van der Waals surface area contributed by atoms with Gasteiger partial charge >= 0.3 is 0 Å². The highest BCUT2D eigenvalue weighted by Gasteiger charge is 2.03. The number of carbonyl (C=O) groups excluding carboxylic acids is 1. The van der Waals surface area contributed by atoms with Gasteiger partial charge in [0, 0.05) is 18.3 Å². The van der Waals surface area contributed by atoms with E-state index in [0.29, 0.717) is 16.8 Å². The number of benzene rings is 1. The third kappa shape index (κ3) is 3.13. The summed E-state index contributed by atoms with van der Waals surface area (Å²) in [5.41, 5.74) is 1.58. The summed E-state index contributed by atoms with van der Waals surface area (Å²) in [6, 6.07) is 11.0. The first-order valence-corrected chi connectivity index (χ1v) is 6.28. The van der Waals surface area contributed by atoms with Gasteiger partial charge in [0.15, 0.2) is 4.67 Å². The summed E-state index contributed by atoms with van der Waals surface area (Å²) in [5.74, 6) is 0.758. The van der Waals surface area contributed by atoms with Crippen molar-refractivity contribution in [2.75, 3.05) is 12.4 Å². The van der Waals surface area contributed by atoms with Gasteiger partial charge in [-0.3, -0.25) is 4.79 Å². The molecule has 0 spiro atoms. The van der Waals surface area contributed by atoms with E-state index in [1.54, 1.807) is 19.2 Å². The van der Waals surface area contributed by atoms with E-state index in [1.807, 2.05) is 24.3 Å². The predicted molar refractivity (Wildman–Crippen MR) is 73.6 cm³/mol. The Morgan fingerprint density at radius 2 is 1.94 bits per heavy atom. The summed E-state index contributed by atoms with van der Waals surface area (Å²) in [6.07, 6.45) is 0. The Bertz CT molecular complexity index is 534. The average Bonchev–Trinajstić information content (AvgIpc) is 2.82. The first-order valence-electron chi connectivity index (χ1n) is 5.49. The van der Waals surface area contributed by atoms with Gasteiger partial charge in [0.05, 0.1) is 6.54 Å². The molecule has 1 aromatic carbocycles. The van der Waals surface area contributed by atoms with Crippen molar-refractivity contribution in [2.24, 2.45) is 0 Å². The number of amides is 1. The lowest BCUT2D eigenvalue weighted by Gasteiger charge is -2.05. The van der Waals surface area contributed by atoms with Gasteiger partial charge in [0.25, 0.3) is 5.91 Å². The van der Waals surface area contributed by atoms with Crippen molar-refractivity contribution in [3.63, 3.8) is 0 Å². The molecule has 1 heterocycles. The van der Waals surface area contributed by atoms with Crippen molar-refractivity contribution in [1.82, 2.24) is 5.32 Å². The molecule has 2 rings (SSSR count). The lowest BCUT2D eigenvalue weighted by molar-refractivity contribution is 0.0963. The van der Waals surface area contributed by atoms with E-state index in [0.717, 1.165) is 11.4 Å². The molecule has 2 N–H and O–H groups in total.